The SMILES string of the molecule is CC[C@]1(C(=O)[O-])O[C@H]1C. The maximum Gasteiger partial charge on any atom is 0.133 e. The summed E-state index contributed by atoms with van der Waals surface area (Å²) in [4.78, 5) is 10.3. The summed E-state index contributed by atoms with van der Waals surface area (Å²) in [6, 6.07) is 0. The van der Waals surface area contributed by atoms with Gasteiger partial charge in [-0.05, 0) is 13.3 Å². The van der Waals surface area contributed by atoms with Crippen molar-refractivity contribution in [2.24, 2.45) is 0 Å². The van der Waals surface area contributed by atoms with Gasteiger partial charge in [-0.25, -0.2) is 0 Å². The smallest absolute Gasteiger partial charge is 0.133 e. The van der Waals surface area contributed by atoms with Crippen molar-refractivity contribution in [3.63, 3.8) is 0 Å². The van der Waals surface area contributed by atoms with Crippen LogP contribution in [-0.4, -0.2) is 17.7 Å². The van der Waals surface area contributed by atoms with Gasteiger partial charge in [0.25, 0.3) is 0 Å². The molecule has 0 aromatic heterocycles. The van der Waals surface area contributed by atoms with Crippen molar-refractivity contribution in [2.45, 2.75) is 32.0 Å². The van der Waals surface area contributed by atoms with E-state index < -0.39 is 11.6 Å². The first-order chi connectivity index (χ1) is 4.13. The highest BCUT2D eigenvalue weighted by Gasteiger charge is 2.53. The van der Waals surface area contributed by atoms with Gasteiger partial charge >= 0.3 is 0 Å². The van der Waals surface area contributed by atoms with Crippen molar-refractivity contribution in [1.82, 2.24) is 0 Å². The fourth-order valence-electron chi connectivity index (χ4n) is 1.01. The molecule has 1 aliphatic rings. The van der Waals surface area contributed by atoms with E-state index in [0.717, 1.165) is 0 Å². The van der Waals surface area contributed by atoms with E-state index in [2.05, 4.69) is 0 Å². The largest absolute Gasteiger partial charge is 0.547 e. The molecule has 0 bridgehead atoms. The van der Waals surface area contributed by atoms with E-state index in [1.165, 1.54) is 0 Å². The summed E-state index contributed by atoms with van der Waals surface area (Å²) < 4.78 is 4.85. The lowest BCUT2D eigenvalue weighted by atomic mass is 10.0. The number of ether oxygens (including phenoxy) is 1. The zero-order valence-corrected chi connectivity index (χ0v) is 5.51. The van der Waals surface area contributed by atoms with Crippen molar-refractivity contribution in [3.05, 3.63) is 0 Å². The molecular weight excluding hydrogens is 120 g/mol. The van der Waals surface area contributed by atoms with Gasteiger partial charge in [0.1, 0.15) is 5.60 Å². The second-order valence-corrected chi connectivity index (χ2v) is 2.29. The van der Waals surface area contributed by atoms with E-state index in [9.17, 15) is 9.90 Å². The molecule has 1 heterocycles. The van der Waals surface area contributed by atoms with Crippen LogP contribution in [0, 0.1) is 0 Å². The highest BCUT2D eigenvalue weighted by molar-refractivity contribution is 5.79. The molecule has 0 aliphatic carbocycles. The van der Waals surface area contributed by atoms with Crippen LogP contribution >= 0.6 is 0 Å². The quantitative estimate of drug-likeness (QED) is 0.463. The maximum atomic E-state index is 10.3. The van der Waals surface area contributed by atoms with Gasteiger partial charge in [-0.1, -0.05) is 6.92 Å². The minimum Gasteiger partial charge on any atom is -0.547 e. The number of rotatable bonds is 2. The normalized spacial score (nSPS) is 40.4. The van der Waals surface area contributed by atoms with Gasteiger partial charge in [0, 0.05) is 0 Å². The van der Waals surface area contributed by atoms with Crippen LogP contribution in [0.25, 0.3) is 0 Å². The summed E-state index contributed by atoms with van der Waals surface area (Å²) in [5, 5.41) is 10.3. The van der Waals surface area contributed by atoms with Crippen molar-refractivity contribution in [3.8, 4) is 0 Å². The third-order valence-corrected chi connectivity index (χ3v) is 1.86. The molecule has 52 valence electrons. The predicted molar refractivity (Wildman–Crippen MR) is 28.6 cm³/mol. The second-order valence-electron chi connectivity index (χ2n) is 2.29. The van der Waals surface area contributed by atoms with Gasteiger partial charge in [-0.3, -0.25) is 0 Å². The molecule has 0 aromatic rings. The van der Waals surface area contributed by atoms with Crippen molar-refractivity contribution >= 4 is 5.97 Å². The Kier molecular flexibility index (Phi) is 1.24. The van der Waals surface area contributed by atoms with Crippen LogP contribution in [0.5, 0.6) is 0 Å². The maximum absolute atomic E-state index is 10.3. The Morgan fingerprint density at radius 3 is 2.33 bits per heavy atom. The Morgan fingerprint density at radius 1 is 1.89 bits per heavy atom. The summed E-state index contributed by atoms with van der Waals surface area (Å²) in [7, 11) is 0. The number of hydrogen-bond donors (Lipinski definition) is 0. The summed E-state index contributed by atoms with van der Waals surface area (Å²) in [5.74, 6) is -1.09. The van der Waals surface area contributed by atoms with Crippen LogP contribution in [0.3, 0.4) is 0 Å². The van der Waals surface area contributed by atoms with Crippen LogP contribution in [0.15, 0.2) is 0 Å². The van der Waals surface area contributed by atoms with Gasteiger partial charge in [-0.15, -0.1) is 0 Å². The molecular formula is C6H9O3-. The molecule has 0 spiro atoms. The lowest BCUT2D eigenvalue weighted by Crippen LogP contribution is -2.39. The Balaban J connectivity index is 2.62. The molecule has 0 saturated carbocycles. The summed E-state index contributed by atoms with van der Waals surface area (Å²) >= 11 is 0. The molecule has 0 amide bonds. The molecule has 0 unspecified atom stereocenters. The molecule has 1 aliphatic heterocycles. The molecule has 1 rings (SSSR count). The zero-order valence-electron chi connectivity index (χ0n) is 5.51. The number of epoxide rings is 1. The van der Waals surface area contributed by atoms with E-state index >= 15 is 0 Å². The van der Waals surface area contributed by atoms with Crippen LogP contribution in [0.4, 0.5) is 0 Å². The molecule has 3 heteroatoms. The molecule has 0 aromatic carbocycles. The Hall–Kier alpha value is -0.570. The Morgan fingerprint density at radius 2 is 2.33 bits per heavy atom. The zero-order chi connectivity index (χ0) is 7.07. The number of hydrogen-bond acceptors (Lipinski definition) is 3. The van der Waals surface area contributed by atoms with Gasteiger partial charge in [-0.2, -0.15) is 0 Å². The van der Waals surface area contributed by atoms with Gasteiger partial charge in [0.05, 0.1) is 12.1 Å². The monoisotopic (exact) mass is 129 g/mol. The van der Waals surface area contributed by atoms with Gasteiger partial charge < -0.3 is 14.6 Å². The van der Waals surface area contributed by atoms with Gasteiger partial charge in [0.2, 0.25) is 0 Å². The van der Waals surface area contributed by atoms with Crippen molar-refractivity contribution in [2.75, 3.05) is 0 Å². The lowest BCUT2D eigenvalue weighted by molar-refractivity contribution is -0.312. The number of aliphatic carboxylic acids is 1. The van der Waals surface area contributed by atoms with E-state index in [-0.39, 0.29) is 6.10 Å². The first kappa shape index (κ1) is 6.55. The van der Waals surface area contributed by atoms with E-state index in [0.29, 0.717) is 6.42 Å². The number of carbonyl (C=O) groups excluding carboxylic acids is 1. The van der Waals surface area contributed by atoms with Crippen LogP contribution < -0.4 is 5.11 Å². The molecule has 2 atom stereocenters. The topological polar surface area (TPSA) is 52.7 Å². The van der Waals surface area contributed by atoms with Gasteiger partial charge in [0.15, 0.2) is 0 Å². The minimum absolute atomic E-state index is 0.160. The molecule has 1 fully saturated rings. The average Bonchev–Trinajstić information content (AvgIpc) is 2.43. The molecule has 0 radical (unpaired) electrons. The standard InChI is InChI=1S/C6H10O3/c1-3-6(5(7)8)4(2)9-6/h4H,3H2,1-2H3,(H,7,8)/p-1/t4-,6-/m0/s1. The third kappa shape index (κ3) is 0.721. The third-order valence-electron chi connectivity index (χ3n) is 1.86. The molecule has 1 saturated heterocycles. The fourth-order valence-corrected chi connectivity index (χ4v) is 1.01. The minimum atomic E-state index is -1.09. The van der Waals surface area contributed by atoms with E-state index in [4.69, 9.17) is 4.74 Å². The Bertz CT molecular complexity index is 139. The molecule has 3 nitrogen and oxygen atoms in total. The lowest BCUT2D eigenvalue weighted by Gasteiger charge is -2.08. The Labute approximate surface area is 53.6 Å². The van der Waals surface area contributed by atoms with Crippen LogP contribution in [0.2, 0.25) is 0 Å². The van der Waals surface area contributed by atoms with Crippen molar-refractivity contribution in [1.29, 1.82) is 0 Å². The first-order valence-corrected chi connectivity index (χ1v) is 3.02. The summed E-state index contributed by atoms with van der Waals surface area (Å²) in [5.41, 5.74) is -0.944. The first-order valence-electron chi connectivity index (χ1n) is 3.02. The highest BCUT2D eigenvalue weighted by atomic mass is 16.6. The van der Waals surface area contributed by atoms with Crippen LogP contribution in [-0.2, 0) is 9.53 Å². The predicted octanol–water partition coefficient (Wildman–Crippen LogP) is -0.696. The number of carboxylic acids is 1. The van der Waals surface area contributed by atoms with Crippen LogP contribution in [0.1, 0.15) is 20.3 Å². The summed E-state index contributed by atoms with van der Waals surface area (Å²) in [6.07, 6.45) is 0.337. The molecule has 9 heavy (non-hydrogen) atoms. The fraction of sp³-hybridized carbons (Fsp3) is 0.833. The number of carbonyl (C=O) groups is 1. The second kappa shape index (κ2) is 1.70. The highest BCUT2D eigenvalue weighted by Crippen LogP contribution is 2.38. The van der Waals surface area contributed by atoms with E-state index in [1.54, 1.807) is 13.8 Å². The van der Waals surface area contributed by atoms with E-state index in [1.807, 2.05) is 0 Å². The average molecular weight is 129 g/mol. The number of carboxylic acid groups (broad SMARTS) is 1. The summed E-state index contributed by atoms with van der Waals surface area (Å²) in [6.45, 7) is 3.51. The molecule has 0 N–H and O–H groups in total. The van der Waals surface area contributed by atoms with Crippen molar-refractivity contribution < 1.29 is 14.6 Å².